The second-order valence-electron chi connectivity index (χ2n) is 9.70. The van der Waals surface area contributed by atoms with E-state index in [1.165, 1.54) is 57.8 Å². The van der Waals surface area contributed by atoms with Crippen LogP contribution in [0.2, 0.25) is 0 Å². The maximum absolute atomic E-state index is 11.2. The number of rotatable bonds is 1. The molecule has 0 heterocycles. The first-order valence-corrected chi connectivity index (χ1v) is 10.2. The van der Waals surface area contributed by atoms with Crippen LogP contribution in [0.4, 0.5) is 0 Å². The molecule has 0 bridgehead atoms. The van der Waals surface area contributed by atoms with Crippen molar-refractivity contribution < 1.29 is 5.11 Å². The van der Waals surface area contributed by atoms with Crippen LogP contribution in [0.15, 0.2) is 0 Å². The standard InChI is InChI=1S/C21H36O/c1-4-14-9-11-17-16-10-8-15-7-5-6-12-20(15,2)18(16)13-19(22)21(14,17)3/h14-19,22H,4-13H2,1-3H3/t14-,15+,16-,17-,18-,19+,20-,21+/m0/s1. The van der Waals surface area contributed by atoms with Crippen LogP contribution >= 0.6 is 0 Å². The molecule has 4 fully saturated rings. The molecule has 1 heteroatoms. The van der Waals surface area contributed by atoms with E-state index in [2.05, 4.69) is 20.8 Å². The molecule has 0 radical (unpaired) electrons. The monoisotopic (exact) mass is 304 g/mol. The van der Waals surface area contributed by atoms with E-state index < -0.39 is 0 Å². The van der Waals surface area contributed by atoms with Crippen LogP contribution in [0, 0.1) is 40.4 Å². The summed E-state index contributed by atoms with van der Waals surface area (Å²) in [5, 5.41) is 11.2. The molecule has 0 aliphatic heterocycles. The molecule has 0 aromatic rings. The summed E-state index contributed by atoms with van der Waals surface area (Å²) in [5.74, 6) is 4.28. The lowest BCUT2D eigenvalue weighted by atomic mass is 9.44. The zero-order valence-corrected chi connectivity index (χ0v) is 15.0. The second-order valence-corrected chi connectivity index (χ2v) is 9.70. The highest BCUT2D eigenvalue weighted by Crippen LogP contribution is 2.67. The maximum Gasteiger partial charge on any atom is 0.0602 e. The summed E-state index contributed by atoms with van der Waals surface area (Å²) in [6.45, 7) is 7.40. The normalized spacial score (nSPS) is 57.8. The van der Waals surface area contributed by atoms with E-state index in [0.29, 0.717) is 5.41 Å². The molecule has 126 valence electrons. The van der Waals surface area contributed by atoms with Crippen molar-refractivity contribution in [2.24, 2.45) is 40.4 Å². The molecule has 0 aromatic heterocycles. The Morgan fingerprint density at radius 3 is 2.55 bits per heavy atom. The molecule has 0 spiro atoms. The lowest BCUT2D eigenvalue weighted by Crippen LogP contribution is -2.57. The van der Waals surface area contributed by atoms with Gasteiger partial charge in [-0.3, -0.25) is 0 Å². The number of aliphatic hydroxyl groups excluding tert-OH is 1. The molecule has 4 aliphatic carbocycles. The van der Waals surface area contributed by atoms with Gasteiger partial charge in [-0.15, -0.1) is 0 Å². The van der Waals surface area contributed by atoms with E-state index in [4.69, 9.17) is 0 Å². The van der Waals surface area contributed by atoms with E-state index in [1.807, 2.05) is 0 Å². The third kappa shape index (κ3) is 1.87. The van der Waals surface area contributed by atoms with Crippen LogP contribution in [0.25, 0.3) is 0 Å². The largest absolute Gasteiger partial charge is 0.393 e. The van der Waals surface area contributed by atoms with Crippen molar-refractivity contribution in [2.75, 3.05) is 0 Å². The third-order valence-electron chi connectivity index (χ3n) is 9.37. The molecule has 8 atom stereocenters. The van der Waals surface area contributed by atoms with Gasteiger partial charge in [0, 0.05) is 0 Å². The minimum atomic E-state index is -0.0382. The smallest absolute Gasteiger partial charge is 0.0602 e. The van der Waals surface area contributed by atoms with E-state index in [9.17, 15) is 5.11 Å². The fraction of sp³-hybridized carbons (Fsp3) is 1.00. The predicted octanol–water partition coefficient (Wildman–Crippen LogP) is 5.42. The molecular formula is C21H36O. The molecule has 0 amide bonds. The summed E-state index contributed by atoms with van der Waals surface area (Å²) in [5.41, 5.74) is 0.779. The van der Waals surface area contributed by atoms with Crippen molar-refractivity contribution in [3.8, 4) is 0 Å². The maximum atomic E-state index is 11.2. The minimum Gasteiger partial charge on any atom is -0.393 e. The first-order chi connectivity index (χ1) is 10.5. The highest BCUT2D eigenvalue weighted by molar-refractivity contribution is 5.11. The van der Waals surface area contributed by atoms with Crippen LogP contribution in [-0.2, 0) is 0 Å². The summed E-state index contributed by atoms with van der Waals surface area (Å²) in [7, 11) is 0. The van der Waals surface area contributed by atoms with Crippen LogP contribution in [0.1, 0.15) is 85.0 Å². The zero-order valence-electron chi connectivity index (χ0n) is 15.0. The number of hydrogen-bond donors (Lipinski definition) is 1. The van der Waals surface area contributed by atoms with E-state index >= 15 is 0 Å². The summed E-state index contributed by atoms with van der Waals surface area (Å²) in [4.78, 5) is 0. The highest BCUT2D eigenvalue weighted by Gasteiger charge is 2.62. The Labute approximate surface area is 137 Å². The first kappa shape index (κ1) is 15.5. The number of hydrogen-bond acceptors (Lipinski definition) is 1. The molecular weight excluding hydrogens is 268 g/mol. The van der Waals surface area contributed by atoms with Gasteiger partial charge in [0.05, 0.1) is 6.10 Å². The van der Waals surface area contributed by atoms with Gasteiger partial charge in [-0.05, 0) is 85.4 Å². The Bertz CT molecular complexity index is 432. The fourth-order valence-electron chi connectivity index (χ4n) is 8.04. The summed E-state index contributed by atoms with van der Waals surface area (Å²) >= 11 is 0. The predicted molar refractivity (Wildman–Crippen MR) is 91.5 cm³/mol. The number of fused-ring (bicyclic) bond motifs is 5. The van der Waals surface area contributed by atoms with Gasteiger partial charge in [-0.25, -0.2) is 0 Å². The van der Waals surface area contributed by atoms with E-state index in [-0.39, 0.29) is 11.5 Å². The Morgan fingerprint density at radius 2 is 1.77 bits per heavy atom. The van der Waals surface area contributed by atoms with Crippen molar-refractivity contribution in [3.63, 3.8) is 0 Å². The third-order valence-corrected chi connectivity index (χ3v) is 9.37. The summed E-state index contributed by atoms with van der Waals surface area (Å²) in [6.07, 6.45) is 13.9. The van der Waals surface area contributed by atoms with E-state index in [1.54, 1.807) is 0 Å². The summed E-state index contributed by atoms with van der Waals surface area (Å²) < 4.78 is 0. The lowest BCUT2D eigenvalue weighted by molar-refractivity contribution is -0.163. The van der Waals surface area contributed by atoms with Gasteiger partial charge < -0.3 is 5.11 Å². The van der Waals surface area contributed by atoms with Crippen LogP contribution in [-0.4, -0.2) is 11.2 Å². The van der Waals surface area contributed by atoms with Crippen LogP contribution in [0.5, 0.6) is 0 Å². The molecule has 4 rings (SSSR count). The van der Waals surface area contributed by atoms with Crippen LogP contribution < -0.4 is 0 Å². The van der Waals surface area contributed by atoms with Gasteiger partial charge >= 0.3 is 0 Å². The Morgan fingerprint density at radius 1 is 0.955 bits per heavy atom. The van der Waals surface area contributed by atoms with Gasteiger partial charge in [0.15, 0.2) is 0 Å². The minimum absolute atomic E-state index is 0.0382. The fourth-order valence-corrected chi connectivity index (χ4v) is 8.04. The Hall–Kier alpha value is -0.0400. The van der Waals surface area contributed by atoms with Gasteiger partial charge in [-0.1, -0.05) is 40.0 Å². The lowest BCUT2D eigenvalue weighted by Gasteiger charge is -2.61. The molecule has 1 N–H and O–H groups in total. The SMILES string of the molecule is CC[C@H]1CC[C@H]2[C@@H]3CC[C@H]4CCCC[C@]4(C)[C@H]3C[C@@H](O)[C@]12C. The van der Waals surface area contributed by atoms with Crippen molar-refractivity contribution in [2.45, 2.75) is 91.1 Å². The molecule has 4 aliphatic rings. The number of aliphatic hydroxyl groups is 1. The average Bonchev–Trinajstić information content (AvgIpc) is 2.86. The van der Waals surface area contributed by atoms with Crippen molar-refractivity contribution in [1.82, 2.24) is 0 Å². The van der Waals surface area contributed by atoms with Gasteiger partial charge in [0.25, 0.3) is 0 Å². The second kappa shape index (κ2) is 5.23. The van der Waals surface area contributed by atoms with Crippen molar-refractivity contribution in [3.05, 3.63) is 0 Å². The quantitative estimate of drug-likeness (QED) is 0.686. The molecule has 22 heavy (non-hydrogen) atoms. The van der Waals surface area contributed by atoms with Crippen LogP contribution in [0.3, 0.4) is 0 Å². The van der Waals surface area contributed by atoms with Gasteiger partial charge in [-0.2, -0.15) is 0 Å². The Kier molecular flexibility index (Phi) is 3.68. The molecule has 0 aromatic carbocycles. The van der Waals surface area contributed by atoms with Crippen molar-refractivity contribution >= 4 is 0 Å². The average molecular weight is 305 g/mol. The summed E-state index contributed by atoms with van der Waals surface area (Å²) in [6, 6.07) is 0. The molecule has 4 saturated carbocycles. The van der Waals surface area contributed by atoms with E-state index in [0.717, 1.165) is 36.0 Å². The molecule has 0 saturated heterocycles. The van der Waals surface area contributed by atoms with Gasteiger partial charge in [0.1, 0.15) is 0 Å². The first-order valence-electron chi connectivity index (χ1n) is 10.2. The Balaban J connectivity index is 1.67. The zero-order chi connectivity index (χ0) is 15.5. The van der Waals surface area contributed by atoms with Gasteiger partial charge in [0.2, 0.25) is 0 Å². The van der Waals surface area contributed by atoms with Crippen molar-refractivity contribution in [1.29, 1.82) is 0 Å². The topological polar surface area (TPSA) is 20.2 Å². The molecule has 1 nitrogen and oxygen atoms in total. The molecule has 0 unspecified atom stereocenters. The highest BCUT2D eigenvalue weighted by atomic mass is 16.3.